The van der Waals surface area contributed by atoms with Gasteiger partial charge in [-0.3, -0.25) is 4.57 Å². The van der Waals surface area contributed by atoms with Crippen LogP contribution in [0.4, 0.5) is 0 Å². The topological polar surface area (TPSA) is 41.6 Å². The molecular formula is C22H23N3. The highest BCUT2D eigenvalue weighted by atomic mass is 15.0. The lowest BCUT2D eigenvalue weighted by Crippen LogP contribution is -2.10. The number of hydrogen-bond acceptors (Lipinski definition) is 2. The third-order valence-electron chi connectivity index (χ3n) is 4.70. The molecule has 3 aromatic rings. The van der Waals surface area contributed by atoms with E-state index in [1.807, 2.05) is 32.3 Å². The van der Waals surface area contributed by atoms with Crippen LogP contribution in [0.15, 0.2) is 54.4 Å². The minimum Gasteiger partial charge on any atom is -0.299 e. The molecule has 1 heterocycles. The molecule has 0 aliphatic heterocycles. The second-order valence-corrected chi connectivity index (χ2v) is 7.48. The average molecular weight is 329 g/mol. The minimum absolute atomic E-state index is 0.106. The molecule has 0 atom stereocenters. The summed E-state index contributed by atoms with van der Waals surface area (Å²) in [6.07, 6.45) is 1.87. The van der Waals surface area contributed by atoms with Gasteiger partial charge in [0, 0.05) is 11.3 Å². The molecule has 0 saturated carbocycles. The summed E-state index contributed by atoms with van der Waals surface area (Å²) in [6.45, 7) is 10.5. The van der Waals surface area contributed by atoms with Gasteiger partial charge in [-0.15, -0.1) is 0 Å². The Hall–Kier alpha value is -2.86. The van der Waals surface area contributed by atoms with Gasteiger partial charge >= 0.3 is 0 Å². The van der Waals surface area contributed by atoms with Gasteiger partial charge in [-0.25, -0.2) is 4.98 Å². The van der Waals surface area contributed by atoms with Crippen molar-refractivity contribution in [2.45, 2.75) is 40.0 Å². The summed E-state index contributed by atoms with van der Waals surface area (Å²) < 4.78 is 2.10. The predicted octanol–water partition coefficient (Wildman–Crippen LogP) is 5.64. The Balaban J connectivity index is 2.11. The summed E-state index contributed by atoms with van der Waals surface area (Å²) in [4.78, 5) is 4.59. The molecular weight excluding hydrogens is 306 g/mol. The number of allylic oxidation sites excluding steroid dienone is 2. The van der Waals surface area contributed by atoms with E-state index in [9.17, 15) is 0 Å². The summed E-state index contributed by atoms with van der Waals surface area (Å²) in [5.41, 5.74) is 7.32. The Labute approximate surface area is 149 Å². The average Bonchev–Trinajstić information content (AvgIpc) is 3.03. The third-order valence-corrected chi connectivity index (χ3v) is 4.70. The van der Waals surface area contributed by atoms with Gasteiger partial charge in [-0.2, -0.15) is 5.26 Å². The molecule has 0 amide bonds. The number of nitriles is 1. The van der Waals surface area contributed by atoms with Crippen molar-refractivity contribution >= 4 is 16.6 Å². The third kappa shape index (κ3) is 3.21. The zero-order valence-corrected chi connectivity index (χ0v) is 15.5. The van der Waals surface area contributed by atoms with E-state index in [0.29, 0.717) is 0 Å². The van der Waals surface area contributed by atoms with E-state index < -0.39 is 0 Å². The fourth-order valence-corrected chi connectivity index (χ4v) is 2.87. The highest BCUT2D eigenvalue weighted by Crippen LogP contribution is 2.28. The summed E-state index contributed by atoms with van der Waals surface area (Å²) in [7, 11) is 0. The van der Waals surface area contributed by atoms with Crippen LogP contribution in [0.1, 0.15) is 45.7 Å². The smallest absolute Gasteiger partial charge is 0.100 e. The van der Waals surface area contributed by atoms with Gasteiger partial charge < -0.3 is 0 Å². The Kier molecular flexibility index (Phi) is 4.22. The number of imidazole rings is 1. The molecule has 0 radical (unpaired) electrons. The maximum Gasteiger partial charge on any atom is 0.100 e. The monoisotopic (exact) mass is 329 g/mol. The molecule has 0 bridgehead atoms. The molecule has 25 heavy (non-hydrogen) atoms. The number of fused-ring (bicyclic) bond motifs is 1. The number of rotatable bonds is 2. The maximum atomic E-state index is 9.13. The molecule has 0 unspecified atom stereocenters. The van der Waals surface area contributed by atoms with Crippen molar-refractivity contribution in [1.29, 1.82) is 5.26 Å². The largest absolute Gasteiger partial charge is 0.299 e. The molecule has 0 spiro atoms. The van der Waals surface area contributed by atoms with Crippen molar-refractivity contribution < 1.29 is 0 Å². The molecule has 126 valence electrons. The van der Waals surface area contributed by atoms with Crippen LogP contribution in [0, 0.1) is 11.3 Å². The van der Waals surface area contributed by atoms with E-state index in [4.69, 9.17) is 5.26 Å². The van der Waals surface area contributed by atoms with Crippen molar-refractivity contribution in [2.75, 3.05) is 0 Å². The number of nitrogens with zero attached hydrogens (tertiary/aromatic N) is 3. The van der Waals surface area contributed by atoms with Gasteiger partial charge in [-0.1, -0.05) is 39.0 Å². The van der Waals surface area contributed by atoms with E-state index in [1.54, 1.807) is 0 Å². The van der Waals surface area contributed by atoms with Crippen LogP contribution in [-0.4, -0.2) is 9.55 Å². The number of aromatic nitrogens is 2. The van der Waals surface area contributed by atoms with E-state index in [-0.39, 0.29) is 5.41 Å². The molecule has 3 rings (SSSR count). The second kappa shape index (κ2) is 6.22. The molecule has 3 nitrogen and oxygen atoms in total. The summed E-state index contributed by atoms with van der Waals surface area (Å²) in [5.74, 6) is 0. The fourth-order valence-electron chi connectivity index (χ4n) is 2.87. The highest BCUT2D eigenvalue weighted by Gasteiger charge is 2.15. The molecule has 1 aromatic heterocycles. The lowest BCUT2D eigenvalue weighted by atomic mass is 9.87. The Morgan fingerprint density at radius 3 is 2.52 bits per heavy atom. The van der Waals surface area contributed by atoms with Crippen LogP contribution in [0.25, 0.3) is 22.3 Å². The standard InChI is InChI=1S/C22H23N3/c1-15(13-23)16(2)17-7-6-8-19(11-17)25-14-24-20-12-18(22(3,4)5)9-10-21(20)25/h6-12,14H,1-5H3/b16-15-. The van der Waals surface area contributed by atoms with Gasteiger partial charge in [0.2, 0.25) is 0 Å². The van der Waals surface area contributed by atoms with E-state index in [1.165, 1.54) is 5.56 Å². The van der Waals surface area contributed by atoms with Crippen molar-refractivity contribution in [1.82, 2.24) is 9.55 Å². The fraction of sp³-hybridized carbons (Fsp3) is 0.273. The van der Waals surface area contributed by atoms with Crippen molar-refractivity contribution in [2.24, 2.45) is 0 Å². The molecule has 0 aliphatic rings. The number of hydrogen-bond donors (Lipinski definition) is 0. The SMILES string of the molecule is C/C(C#N)=C(\C)c1cccc(-n2cnc3cc(C(C)(C)C)ccc32)c1. The highest BCUT2D eigenvalue weighted by molar-refractivity contribution is 5.79. The lowest BCUT2D eigenvalue weighted by molar-refractivity contribution is 0.591. The Morgan fingerprint density at radius 2 is 1.84 bits per heavy atom. The molecule has 2 aromatic carbocycles. The van der Waals surface area contributed by atoms with Crippen LogP contribution >= 0.6 is 0 Å². The van der Waals surface area contributed by atoms with Gasteiger partial charge in [0.25, 0.3) is 0 Å². The van der Waals surface area contributed by atoms with E-state index in [2.05, 4.69) is 66.7 Å². The summed E-state index contributed by atoms with van der Waals surface area (Å²) in [6, 6.07) is 16.9. The van der Waals surface area contributed by atoms with Crippen LogP contribution in [0.2, 0.25) is 0 Å². The van der Waals surface area contributed by atoms with Crippen molar-refractivity contribution in [3.05, 3.63) is 65.5 Å². The van der Waals surface area contributed by atoms with Crippen LogP contribution in [0.3, 0.4) is 0 Å². The van der Waals surface area contributed by atoms with Crippen LogP contribution in [-0.2, 0) is 5.41 Å². The molecule has 0 saturated heterocycles. The zero-order chi connectivity index (χ0) is 18.2. The van der Waals surface area contributed by atoms with Gasteiger partial charge in [0.1, 0.15) is 6.33 Å². The van der Waals surface area contributed by atoms with Gasteiger partial charge in [0.15, 0.2) is 0 Å². The lowest BCUT2D eigenvalue weighted by Gasteiger charge is -2.18. The van der Waals surface area contributed by atoms with Gasteiger partial charge in [0.05, 0.1) is 17.1 Å². The maximum absolute atomic E-state index is 9.13. The quantitative estimate of drug-likeness (QED) is 0.571. The first kappa shape index (κ1) is 17.0. The Bertz CT molecular complexity index is 1010. The molecule has 3 heteroatoms. The van der Waals surface area contributed by atoms with E-state index in [0.717, 1.165) is 33.4 Å². The molecule has 0 N–H and O–H groups in total. The minimum atomic E-state index is 0.106. The summed E-state index contributed by atoms with van der Waals surface area (Å²) in [5, 5.41) is 9.13. The summed E-state index contributed by atoms with van der Waals surface area (Å²) >= 11 is 0. The first-order chi connectivity index (χ1) is 11.8. The van der Waals surface area contributed by atoms with E-state index >= 15 is 0 Å². The van der Waals surface area contributed by atoms with Crippen molar-refractivity contribution in [3.8, 4) is 11.8 Å². The first-order valence-electron chi connectivity index (χ1n) is 8.47. The molecule has 0 fully saturated rings. The second-order valence-electron chi connectivity index (χ2n) is 7.48. The zero-order valence-electron chi connectivity index (χ0n) is 15.5. The predicted molar refractivity (Wildman–Crippen MR) is 104 cm³/mol. The van der Waals surface area contributed by atoms with Crippen LogP contribution < -0.4 is 0 Å². The van der Waals surface area contributed by atoms with Gasteiger partial charge in [-0.05, 0) is 60.2 Å². The Morgan fingerprint density at radius 1 is 1.08 bits per heavy atom. The molecule has 0 aliphatic carbocycles. The number of benzene rings is 2. The van der Waals surface area contributed by atoms with Crippen LogP contribution in [0.5, 0.6) is 0 Å². The first-order valence-corrected chi connectivity index (χ1v) is 8.47. The normalized spacial score (nSPS) is 12.8. The van der Waals surface area contributed by atoms with Crippen molar-refractivity contribution in [3.63, 3.8) is 0 Å².